The van der Waals surface area contributed by atoms with Gasteiger partial charge in [0.1, 0.15) is 60.6 Å². The first-order valence-electron chi connectivity index (χ1n) is 27.1. The van der Waals surface area contributed by atoms with Gasteiger partial charge in [0.2, 0.25) is 59.1 Å². The molecule has 0 bridgehead atoms. The van der Waals surface area contributed by atoms with E-state index in [0.717, 1.165) is 0 Å². The lowest BCUT2D eigenvalue weighted by Crippen LogP contribution is -2.60. The van der Waals surface area contributed by atoms with Crippen LogP contribution in [0.5, 0.6) is 5.75 Å². The van der Waals surface area contributed by atoms with Crippen LogP contribution in [0.4, 0.5) is 0 Å². The summed E-state index contributed by atoms with van der Waals surface area (Å²) in [7, 11) is 0. The number of primary amides is 1. The van der Waals surface area contributed by atoms with E-state index in [2.05, 4.69) is 52.5 Å². The molecule has 0 saturated carbocycles. The second-order valence-electron chi connectivity index (χ2n) is 20.2. The van der Waals surface area contributed by atoms with Crippen molar-refractivity contribution in [2.45, 2.75) is 139 Å². The van der Waals surface area contributed by atoms with E-state index in [1.807, 2.05) is 19.2 Å². The van der Waals surface area contributed by atoms with Gasteiger partial charge in [-0.3, -0.25) is 62.7 Å². The van der Waals surface area contributed by atoms with Crippen molar-refractivity contribution >= 4 is 101 Å². The molecule has 0 aliphatic carbocycles. The zero-order chi connectivity index (χ0) is 63.9. The van der Waals surface area contributed by atoms with Crippen molar-refractivity contribution in [3.8, 4) is 5.75 Å². The van der Waals surface area contributed by atoms with E-state index in [1.54, 1.807) is 48.7 Å². The topological polar surface area (TPSA) is 517 Å². The number of aromatic hydroxyl groups is 1. The second kappa shape index (κ2) is 37.7. The van der Waals surface area contributed by atoms with E-state index in [1.165, 1.54) is 37.7 Å². The van der Waals surface area contributed by atoms with Crippen molar-refractivity contribution in [1.82, 2.24) is 47.9 Å². The van der Waals surface area contributed by atoms with Crippen molar-refractivity contribution in [2.24, 2.45) is 50.3 Å². The van der Waals surface area contributed by atoms with Gasteiger partial charge in [-0.25, -0.2) is 0 Å². The van der Waals surface area contributed by atoms with E-state index in [0.29, 0.717) is 23.3 Å². The summed E-state index contributed by atoms with van der Waals surface area (Å²) in [5.41, 5.74) is 34.4. The van der Waals surface area contributed by atoms with E-state index in [-0.39, 0.29) is 75.2 Å². The molecule has 2 aromatic carbocycles. The first-order valence-corrected chi connectivity index (χ1v) is 29.0. The van der Waals surface area contributed by atoms with Gasteiger partial charge in [0.25, 0.3) is 0 Å². The predicted molar refractivity (Wildman–Crippen MR) is 321 cm³/mol. The van der Waals surface area contributed by atoms with Gasteiger partial charge < -0.3 is 92.5 Å². The first-order chi connectivity index (χ1) is 40.0. The number of nitrogens with one attached hydrogen (secondary N) is 9. The Morgan fingerprint density at radius 3 is 1.51 bits per heavy atom. The quantitative estimate of drug-likeness (QED) is 0.0131. The minimum atomic E-state index is -1.63. The summed E-state index contributed by atoms with van der Waals surface area (Å²) in [4.78, 5) is 155. The number of carboxylic acids is 1. The lowest BCUT2D eigenvalue weighted by atomic mass is 10.0. The monoisotopic (exact) mass is 1230 g/mol. The molecule has 0 spiro atoms. The number of benzene rings is 2. The van der Waals surface area contributed by atoms with Gasteiger partial charge in [-0.2, -0.15) is 24.4 Å². The summed E-state index contributed by atoms with van der Waals surface area (Å²) in [6.45, 7) is 5.49. The maximum Gasteiger partial charge on any atom is 0.322 e. The maximum absolute atomic E-state index is 14.6. The highest BCUT2D eigenvalue weighted by atomic mass is 32.2. The molecule has 32 heteroatoms. The number of rotatable bonds is 38. The average molecular weight is 1230 g/mol. The number of guanidine groups is 2. The molecule has 0 heterocycles. The number of amides is 10. The van der Waals surface area contributed by atoms with Crippen LogP contribution in [0.15, 0.2) is 64.6 Å². The maximum atomic E-state index is 14.6. The van der Waals surface area contributed by atoms with Crippen molar-refractivity contribution < 1.29 is 63.0 Å². The largest absolute Gasteiger partial charge is 0.508 e. The molecule has 30 nitrogen and oxygen atoms in total. The molecule has 23 N–H and O–H groups in total. The lowest BCUT2D eigenvalue weighted by Gasteiger charge is -2.29. The van der Waals surface area contributed by atoms with Crippen LogP contribution in [0, 0.1) is 5.92 Å². The van der Waals surface area contributed by atoms with Gasteiger partial charge in [-0.05, 0) is 93.6 Å². The molecular weight excluding hydrogens is 1150 g/mol. The van der Waals surface area contributed by atoms with E-state index < -0.39 is 138 Å². The zero-order valence-electron chi connectivity index (χ0n) is 48.1. The third-order valence-corrected chi connectivity index (χ3v) is 13.7. The number of phenolic OH excluding ortho intramolecular Hbond substituents is 1. The number of carboxylic acid groups (broad SMARTS) is 1. The molecule has 0 aromatic heterocycles. The number of aliphatic imine (C=N–C) groups is 2. The fourth-order valence-corrected chi connectivity index (χ4v) is 8.84. The highest BCUT2D eigenvalue weighted by Gasteiger charge is 2.36. The van der Waals surface area contributed by atoms with Crippen LogP contribution in [0.25, 0.3) is 0 Å². The van der Waals surface area contributed by atoms with Crippen molar-refractivity contribution in [2.75, 3.05) is 31.6 Å². The van der Waals surface area contributed by atoms with Crippen LogP contribution < -0.4 is 82.3 Å². The summed E-state index contributed by atoms with van der Waals surface area (Å²) >= 11 is 6.06. The third kappa shape index (κ3) is 28.2. The lowest BCUT2D eigenvalue weighted by molar-refractivity contribution is -0.139. The molecule has 0 radical (unpaired) electrons. The van der Waals surface area contributed by atoms with Crippen LogP contribution in [-0.4, -0.2) is 173 Å². The van der Waals surface area contributed by atoms with Crippen LogP contribution in [0.3, 0.4) is 0 Å². The molecule has 0 fully saturated rings. The van der Waals surface area contributed by atoms with Gasteiger partial charge >= 0.3 is 5.97 Å². The van der Waals surface area contributed by atoms with Crippen LogP contribution >= 0.6 is 24.4 Å². The Morgan fingerprint density at radius 1 is 0.565 bits per heavy atom. The standard InChI is InChI=1S/C53H83N17O13S2/c1-27(2)23-33(54)45(77)69-37(24-30-15-17-32(71)18-16-30)50(82)66-34(13-9-20-60-52(56)57)47(79)63-28(3)43(75)65-36(19-22-85-5)49(81)70-41(42(84)31-11-7-6-8-12-31)51(83)67-35(14-10-21-61-53(58)59)48(80)64-29(4)44(76)68-38(25-39(55)72)46(78)62-26-40(73)74/h6-8,11-12,15-18,27-29,33-38,41-42,71,84H,9-10,13-14,19-26,54H2,1-5H3,(H2,55,72)(H,62,78)(H,63,79)(H,64,80)(H,65,75)(H,66,82)(H,67,83)(H,68,76)(H,69,77)(H,70,81)(H,73,74)(H4,56,57,60)(H4,58,59,61)/t28-,29+,33+,34+,35-,36+,37-,38-,41+,42-/m1/s1. The summed E-state index contributed by atoms with van der Waals surface area (Å²) in [6, 6.07) is 1.71. The molecular formula is C53H83N17O13S2. The fraction of sp³-hybridized carbons (Fsp3) is 0.528. The molecule has 0 unspecified atom stereocenters. The summed E-state index contributed by atoms with van der Waals surface area (Å²) in [5.74, 6) is -10.6. The second-order valence-corrected chi connectivity index (χ2v) is 21.7. The molecule has 85 heavy (non-hydrogen) atoms. The number of thiol groups is 1. The Hall–Kier alpha value is -8.39. The molecule has 0 aliphatic rings. The molecule has 0 aliphatic heterocycles. The highest BCUT2D eigenvalue weighted by molar-refractivity contribution is 7.98. The number of hydrogen-bond donors (Lipinski definition) is 18. The van der Waals surface area contributed by atoms with Crippen molar-refractivity contribution in [1.29, 1.82) is 0 Å². The minimum Gasteiger partial charge on any atom is -0.508 e. The van der Waals surface area contributed by atoms with E-state index in [9.17, 15) is 57.8 Å². The van der Waals surface area contributed by atoms with Gasteiger partial charge in [0.15, 0.2) is 11.9 Å². The number of thioether (sulfide) groups is 1. The van der Waals surface area contributed by atoms with Gasteiger partial charge in [-0.15, -0.1) is 0 Å². The van der Waals surface area contributed by atoms with Gasteiger partial charge in [0.05, 0.1) is 17.7 Å². The number of carbonyl (C=O) groups is 11. The Bertz CT molecular complexity index is 2650. The van der Waals surface area contributed by atoms with Gasteiger partial charge in [-0.1, -0.05) is 56.3 Å². The fourth-order valence-electron chi connectivity index (χ4n) is 7.99. The molecule has 470 valence electrons. The minimum absolute atomic E-state index is 0.00789. The summed E-state index contributed by atoms with van der Waals surface area (Å²) in [6.07, 6.45) is 1.27. The average Bonchev–Trinajstić information content (AvgIpc) is 3.45. The number of hydrogen-bond acceptors (Lipinski definition) is 17. The summed E-state index contributed by atoms with van der Waals surface area (Å²) in [5, 5.41) is 40.3. The number of carbonyl (C=O) groups excluding carboxylic acids is 10. The first kappa shape index (κ1) is 72.7. The SMILES string of the molecule is CSCC[C@H](NC(=O)[C@@H](C)NC(=O)[C@H](CCCN=C(N)N)NC(=O)[C@@H](Cc1ccc(O)cc1)NC(=O)[C@@H](N)CC(C)C)C(=O)N[C@H](C(=O)N[C@H](CCCN=C(N)N)C(=O)N[C@@H](C)C(=O)N[C@H](CC(N)=O)C(=O)NCC(=O)O)[C@H](S)c1ccccc1. The number of nitrogens with two attached hydrogens (primary N) is 6. The Morgan fingerprint density at radius 2 is 1.02 bits per heavy atom. The smallest absolute Gasteiger partial charge is 0.322 e. The normalized spacial score (nSPS) is 14.4. The predicted octanol–water partition coefficient (Wildman–Crippen LogP) is -4.17. The number of phenols is 1. The Labute approximate surface area is 502 Å². The molecule has 10 amide bonds. The molecule has 2 rings (SSSR count). The van der Waals surface area contributed by atoms with E-state index in [4.69, 9.17) is 52.1 Å². The van der Waals surface area contributed by atoms with Gasteiger partial charge in [0, 0.05) is 19.5 Å². The Kier molecular flexibility index (Phi) is 32.3. The molecule has 0 saturated heterocycles. The number of nitrogens with zero attached hydrogens (tertiary/aromatic N) is 2. The molecule has 2 aromatic rings. The van der Waals surface area contributed by atoms with Crippen LogP contribution in [-0.2, 0) is 59.2 Å². The van der Waals surface area contributed by atoms with E-state index >= 15 is 0 Å². The Balaban J connectivity index is 2.48. The third-order valence-electron chi connectivity index (χ3n) is 12.5. The highest BCUT2D eigenvalue weighted by Crippen LogP contribution is 2.25. The van der Waals surface area contributed by atoms with Crippen LogP contribution in [0.2, 0.25) is 0 Å². The molecule has 10 atom stereocenters. The van der Waals surface area contributed by atoms with Crippen molar-refractivity contribution in [3.05, 3.63) is 65.7 Å². The van der Waals surface area contributed by atoms with Crippen LogP contribution in [0.1, 0.15) is 89.0 Å². The zero-order valence-corrected chi connectivity index (χ0v) is 49.8. The van der Waals surface area contributed by atoms with Crippen molar-refractivity contribution in [3.63, 3.8) is 0 Å². The summed E-state index contributed by atoms with van der Waals surface area (Å²) < 4.78 is 0. The number of aliphatic carboxylic acids is 1.